The van der Waals surface area contributed by atoms with Gasteiger partial charge < -0.3 is 9.32 Å². The van der Waals surface area contributed by atoms with Gasteiger partial charge in [-0.25, -0.2) is 4.79 Å². The van der Waals surface area contributed by atoms with Gasteiger partial charge >= 0.3 is 5.63 Å². The van der Waals surface area contributed by atoms with Gasteiger partial charge in [0.2, 0.25) is 0 Å². The Hall–Kier alpha value is -1.94. The summed E-state index contributed by atoms with van der Waals surface area (Å²) in [7, 11) is 3.77. The molecule has 1 aromatic carbocycles. The Bertz CT molecular complexity index is 628. The van der Waals surface area contributed by atoms with Gasteiger partial charge in [0.15, 0.2) is 5.78 Å². The maximum absolute atomic E-state index is 11.9. The number of carbonyl (C=O) groups excluding carboxylic acids is 1. The largest absolute Gasteiger partial charge is 0.422 e. The Kier molecular flexibility index (Phi) is 3.58. The molecule has 0 amide bonds. The molecule has 0 fully saturated rings. The lowest BCUT2D eigenvalue weighted by molar-refractivity contribution is 0.0969. The second-order valence-electron chi connectivity index (χ2n) is 4.46. The number of hydrogen-bond acceptors (Lipinski definition) is 4. The van der Waals surface area contributed by atoms with Crippen LogP contribution in [-0.4, -0.2) is 31.3 Å². The number of carbonyl (C=O) groups is 1. The summed E-state index contributed by atoms with van der Waals surface area (Å²) < 4.78 is 5.13. The molecule has 0 bridgehead atoms. The van der Waals surface area contributed by atoms with E-state index in [1.807, 2.05) is 31.1 Å². The molecule has 0 saturated carbocycles. The van der Waals surface area contributed by atoms with Crippen molar-refractivity contribution in [2.75, 3.05) is 20.6 Å². The van der Waals surface area contributed by atoms with Crippen molar-refractivity contribution in [2.45, 2.75) is 6.42 Å². The van der Waals surface area contributed by atoms with Crippen LogP contribution in [-0.2, 0) is 0 Å². The number of nitrogens with zero attached hydrogens (tertiary/aromatic N) is 1. The van der Waals surface area contributed by atoms with Crippen LogP contribution in [0.3, 0.4) is 0 Å². The van der Waals surface area contributed by atoms with E-state index in [0.717, 1.165) is 5.39 Å². The van der Waals surface area contributed by atoms with Crippen LogP contribution >= 0.6 is 0 Å². The van der Waals surface area contributed by atoms with Crippen molar-refractivity contribution < 1.29 is 9.21 Å². The van der Waals surface area contributed by atoms with Crippen molar-refractivity contribution in [3.8, 4) is 0 Å². The minimum atomic E-state index is -0.558. The lowest BCUT2D eigenvalue weighted by Crippen LogP contribution is -2.20. The fraction of sp³-hybridized carbons (Fsp3) is 0.286. The van der Waals surface area contributed by atoms with Gasteiger partial charge in [-0.05, 0) is 26.2 Å². The van der Waals surface area contributed by atoms with E-state index in [9.17, 15) is 9.59 Å². The summed E-state index contributed by atoms with van der Waals surface area (Å²) in [4.78, 5) is 25.5. The molecule has 18 heavy (non-hydrogen) atoms. The molecule has 0 atom stereocenters. The molecule has 0 spiro atoms. The Balaban J connectivity index is 2.36. The third-order valence-corrected chi connectivity index (χ3v) is 2.73. The number of benzene rings is 1. The Morgan fingerprint density at radius 1 is 1.28 bits per heavy atom. The summed E-state index contributed by atoms with van der Waals surface area (Å²) in [6.45, 7) is 0.616. The smallest absolute Gasteiger partial charge is 0.347 e. The number of Topliss-reactive ketones (excluding diaryl/α,β-unsaturated/α-hetero) is 1. The van der Waals surface area contributed by atoms with Gasteiger partial charge in [0.1, 0.15) is 11.1 Å². The molecule has 1 heterocycles. The highest BCUT2D eigenvalue weighted by molar-refractivity contribution is 5.98. The molecule has 0 saturated heterocycles. The average Bonchev–Trinajstić information content (AvgIpc) is 2.35. The highest BCUT2D eigenvalue weighted by atomic mass is 16.4. The molecule has 0 aliphatic heterocycles. The Labute approximate surface area is 105 Å². The summed E-state index contributed by atoms with van der Waals surface area (Å²) in [6.07, 6.45) is 0.316. The zero-order valence-corrected chi connectivity index (χ0v) is 10.5. The second kappa shape index (κ2) is 5.14. The van der Waals surface area contributed by atoms with E-state index < -0.39 is 5.63 Å². The minimum absolute atomic E-state index is 0.135. The van der Waals surface area contributed by atoms with Crippen molar-refractivity contribution in [1.29, 1.82) is 0 Å². The summed E-state index contributed by atoms with van der Waals surface area (Å²) in [5.74, 6) is -0.178. The molecule has 94 valence electrons. The second-order valence-corrected chi connectivity index (χ2v) is 4.46. The molecular weight excluding hydrogens is 230 g/mol. The Morgan fingerprint density at radius 3 is 2.72 bits per heavy atom. The lowest BCUT2D eigenvalue weighted by atomic mass is 10.1. The van der Waals surface area contributed by atoms with Crippen LogP contribution in [0.1, 0.15) is 16.8 Å². The van der Waals surface area contributed by atoms with Gasteiger partial charge in [-0.1, -0.05) is 18.2 Å². The van der Waals surface area contributed by atoms with Crippen LogP contribution in [0, 0.1) is 0 Å². The van der Waals surface area contributed by atoms with Gasteiger partial charge in [0.25, 0.3) is 0 Å². The Morgan fingerprint density at radius 2 is 2.00 bits per heavy atom. The molecule has 2 aromatic rings. The first kappa shape index (κ1) is 12.5. The van der Waals surface area contributed by atoms with Crippen LogP contribution in [0.2, 0.25) is 0 Å². The van der Waals surface area contributed by atoms with Crippen LogP contribution in [0.15, 0.2) is 39.5 Å². The zero-order chi connectivity index (χ0) is 13.1. The lowest BCUT2D eigenvalue weighted by Gasteiger charge is -2.07. The van der Waals surface area contributed by atoms with Crippen molar-refractivity contribution in [1.82, 2.24) is 4.90 Å². The van der Waals surface area contributed by atoms with E-state index in [0.29, 0.717) is 18.5 Å². The number of fused-ring (bicyclic) bond motifs is 1. The van der Waals surface area contributed by atoms with E-state index in [4.69, 9.17) is 4.42 Å². The van der Waals surface area contributed by atoms with Gasteiger partial charge in [0.05, 0.1) is 0 Å². The zero-order valence-electron chi connectivity index (χ0n) is 10.5. The van der Waals surface area contributed by atoms with E-state index in [1.54, 1.807) is 18.2 Å². The predicted octanol–water partition coefficient (Wildman–Crippen LogP) is 1.93. The quantitative estimate of drug-likeness (QED) is 0.610. The van der Waals surface area contributed by atoms with Crippen molar-refractivity contribution >= 4 is 16.8 Å². The van der Waals surface area contributed by atoms with E-state index in [-0.39, 0.29) is 11.3 Å². The highest BCUT2D eigenvalue weighted by Gasteiger charge is 2.13. The molecule has 0 aliphatic rings. The van der Waals surface area contributed by atoms with Crippen LogP contribution in [0.5, 0.6) is 0 Å². The average molecular weight is 245 g/mol. The van der Waals surface area contributed by atoms with E-state index in [2.05, 4.69) is 0 Å². The molecule has 0 N–H and O–H groups in total. The molecule has 2 rings (SSSR count). The highest BCUT2D eigenvalue weighted by Crippen LogP contribution is 2.13. The molecular formula is C14H15NO3. The first-order valence-electron chi connectivity index (χ1n) is 5.79. The summed E-state index contributed by atoms with van der Waals surface area (Å²) in [6, 6.07) is 8.78. The fourth-order valence-electron chi connectivity index (χ4n) is 1.72. The standard InChI is InChI=1S/C14H15NO3/c1-15(2)8-7-12(16)11-9-10-5-3-4-6-13(10)18-14(11)17/h3-6,9H,7-8H2,1-2H3. The number of para-hydroxylation sites is 1. The van der Waals surface area contributed by atoms with E-state index >= 15 is 0 Å². The minimum Gasteiger partial charge on any atom is -0.422 e. The van der Waals surface area contributed by atoms with Crippen LogP contribution in [0.25, 0.3) is 11.0 Å². The third-order valence-electron chi connectivity index (χ3n) is 2.73. The molecule has 0 aliphatic carbocycles. The molecule has 0 unspecified atom stereocenters. The van der Waals surface area contributed by atoms with Gasteiger partial charge in [-0.15, -0.1) is 0 Å². The van der Waals surface area contributed by atoms with Crippen LogP contribution in [0.4, 0.5) is 0 Å². The summed E-state index contributed by atoms with van der Waals surface area (Å²) in [5.41, 5.74) is 0.0830. The van der Waals surface area contributed by atoms with Gasteiger partial charge in [-0.3, -0.25) is 4.79 Å². The van der Waals surface area contributed by atoms with Crippen molar-refractivity contribution in [3.63, 3.8) is 0 Å². The number of rotatable bonds is 4. The summed E-state index contributed by atoms with van der Waals surface area (Å²) in [5, 5.41) is 0.769. The van der Waals surface area contributed by atoms with Gasteiger partial charge in [0, 0.05) is 18.4 Å². The first-order chi connectivity index (χ1) is 8.58. The molecule has 0 radical (unpaired) electrons. The SMILES string of the molecule is CN(C)CCC(=O)c1cc2ccccc2oc1=O. The van der Waals surface area contributed by atoms with E-state index in [1.165, 1.54) is 0 Å². The van der Waals surface area contributed by atoms with Crippen LogP contribution < -0.4 is 5.63 Å². The number of hydrogen-bond donors (Lipinski definition) is 0. The van der Waals surface area contributed by atoms with Crippen molar-refractivity contribution in [2.24, 2.45) is 0 Å². The maximum atomic E-state index is 11.9. The third kappa shape index (κ3) is 2.65. The van der Waals surface area contributed by atoms with Crippen molar-refractivity contribution in [3.05, 3.63) is 46.3 Å². The first-order valence-corrected chi connectivity index (χ1v) is 5.79. The monoisotopic (exact) mass is 245 g/mol. The number of ketones is 1. The normalized spacial score (nSPS) is 11.1. The predicted molar refractivity (Wildman–Crippen MR) is 70.0 cm³/mol. The molecule has 1 aromatic heterocycles. The molecule has 4 nitrogen and oxygen atoms in total. The van der Waals surface area contributed by atoms with Gasteiger partial charge in [-0.2, -0.15) is 0 Å². The summed E-state index contributed by atoms with van der Waals surface area (Å²) >= 11 is 0. The topological polar surface area (TPSA) is 50.5 Å². The maximum Gasteiger partial charge on any atom is 0.347 e. The fourth-order valence-corrected chi connectivity index (χ4v) is 1.72. The molecule has 4 heteroatoms.